The summed E-state index contributed by atoms with van der Waals surface area (Å²) in [5.41, 5.74) is 8.19. The van der Waals surface area contributed by atoms with Gasteiger partial charge < -0.3 is 10.5 Å². The highest BCUT2D eigenvalue weighted by Crippen LogP contribution is 2.20. The number of aryl methyl sites for hydroxylation is 2. The second-order valence-corrected chi connectivity index (χ2v) is 4.39. The van der Waals surface area contributed by atoms with Gasteiger partial charge in [-0.05, 0) is 25.5 Å². The SMILES string of the molecule is CCn1cc(COc2cc(C(=N)N)ccc2C)cn1. The summed E-state index contributed by atoms with van der Waals surface area (Å²) in [6.07, 6.45) is 3.76. The number of amidine groups is 1. The van der Waals surface area contributed by atoms with Crippen LogP contribution in [0.25, 0.3) is 0 Å². The minimum atomic E-state index is 0.0450. The minimum absolute atomic E-state index is 0.0450. The molecule has 0 fully saturated rings. The summed E-state index contributed by atoms with van der Waals surface area (Å²) in [7, 11) is 0. The number of nitrogen functional groups attached to an aromatic ring is 1. The molecule has 0 aliphatic rings. The maximum Gasteiger partial charge on any atom is 0.123 e. The van der Waals surface area contributed by atoms with Crippen molar-refractivity contribution in [2.24, 2.45) is 5.73 Å². The molecule has 1 heterocycles. The van der Waals surface area contributed by atoms with E-state index in [-0.39, 0.29) is 5.84 Å². The first-order valence-corrected chi connectivity index (χ1v) is 6.19. The van der Waals surface area contributed by atoms with Crippen molar-refractivity contribution in [3.63, 3.8) is 0 Å². The molecule has 5 nitrogen and oxygen atoms in total. The number of hydrogen-bond donors (Lipinski definition) is 2. The fraction of sp³-hybridized carbons (Fsp3) is 0.286. The maximum absolute atomic E-state index is 7.44. The molecule has 0 saturated heterocycles. The summed E-state index contributed by atoms with van der Waals surface area (Å²) in [6.45, 7) is 5.31. The van der Waals surface area contributed by atoms with E-state index >= 15 is 0 Å². The zero-order valence-corrected chi connectivity index (χ0v) is 11.2. The molecule has 100 valence electrons. The Bertz CT molecular complexity index is 589. The first-order valence-electron chi connectivity index (χ1n) is 6.19. The molecule has 0 spiro atoms. The second kappa shape index (κ2) is 5.56. The van der Waals surface area contributed by atoms with Crippen molar-refractivity contribution in [3.05, 3.63) is 47.3 Å². The summed E-state index contributed by atoms with van der Waals surface area (Å²) in [6, 6.07) is 5.52. The standard InChI is InChI=1S/C14H18N4O/c1-3-18-8-11(7-17-18)9-19-13-6-12(14(15)16)5-4-10(13)2/h4-8H,3,9H2,1-2H3,(H3,15,16). The third-order valence-corrected chi connectivity index (χ3v) is 2.90. The van der Waals surface area contributed by atoms with Crippen LogP contribution < -0.4 is 10.5 Å². The number of rotatable bonds is 5. The molecule has 2 aromatic rings. The lowest BCUT2D eigenvalue weighted by Gasteiger charge is -2.09. The van der Waals surface area contributed by atoms with Gasteiger partial charge in [0.1, 0.15) is 18.2 Å². The fourth-order valence-corrected chi connectivity index (χ4v) is 1.74. The van der Waals surface area contributed by atoms with E-state index in [0.717, 1.165) is 23.4 Å². The highest BCUT2D eigenvalue weighted by molar-refractivity contribution is 5.95. The molecule has 0 saturated carbocycles. The van der Waals surface area contributed by atoms with Gasteiger partial charge in [0.2, 0.25) is 0 Å². The van der Waals surface area contributed by atoms with Crippen LogP contribution in [0.5, 0.6) is 5.75 Å². The van der Waals surface area contributed by atoms with Gasteiger partial charge in [-0.25, -0.2) is 0 Å². The average molecular weight is 258 g/mol. The van der Waals surface area contributed by atoms with Crippen LogP contribution >= 0.6 is 0 Å². The molecular weight excluding hydrogens is 240 g/mol. The van der Waals surface area contributed by atoms with Crippen LogP contribution in [0.4, 0.5) is 0 Å². The highest BCUT2D eigenvalue weighted by atomic mass is 16.5. The van der Waals surface area contributed by atoms with Crippen LogP contribution in [-0.2, 0) is 13.2 Å². The molecule has 0 aliphatic heterocycles. The largest absolute Gasteiger partial charge is 0.488 e. The molecule has 0 aliphatic carbocycles. The van der Waals surface area contributed by atoms with Crippen LogP contribution in [0.15, 0.2) is 30.6 Å². The maximum atomic E-state index is 7.44. The van der Waals surface area contributed by atoms with Gasteiger partial charge >= 0.3 is 0 Å². The van der Waals surface area contributed by atoms with Crippen LogP contribution in [0.2, 0.25) is 0 Å². The highest BCUT2D eigenvalue weighted by Gasteiger charge is 2.05. The molecule has 3 N–H and O–H groups in total. The molecular formula is C14H18N4O. The summed E-state index contributed by atoms with van der Waals surface area (Å²) < 4.78 is 7.62. The Balaban J connectivity index is 2.10. The Hall–Kier alpha value is -2.30. The molecule has 0 amide bonds. The summed E-state index contributed by atoms with van der Waals surface area (Å²) in [5.74, 6) is 0.792. The predicted octanol–water partition coefficient (Wildman–Crippen LogP) is 2.07. The normalized spacial score (nSPS) is 10.4. The van der Waals surface area contributed by atoms with E-state index in [1.54, 1.807) is 12.3 Å². The molecule has 0 bridgehead atoms. The third kappa shape index (κ3) is 3.13. The van der Waals surface area contributed by atoms with E-state index in [2.05, 4.69) is 5.10 Å². The van der Waals surface area contributed by atoms with E-state index in [4.69, 9.17) is 15.9 Å². The van der Waals surface area contributed by atoms with Crippen molar-refractivity contribution in [2.45, 2.75) is 27.0 Å². The lowest BCUT2D eigenvalue weighted by atomic mass is 10.1. The molecule has 1 aromatic heterocycles. The zero-order valence-electron chi connectivity index (χ0n) is 11.2. The topological polar surface area (TPSA) is 76.9 Å². The average Bonchev–Trinajstić information content (AvgIpc) is 2.85. The number of nitrogens with two attached hydrogens (primary N) is 1. The molecule has 5 heteroatoms. The van der Waals surface area contributed by atoms with Crippen molar-refractivity contribution in [1.29, 1.82) is 5.41 Å². The monoisotopic (exact) mass is 258 g/mol. The van der Waals surface area contributed by atoms with Gasteiger partial charge in [0.25, 0.3) is 0 Å². The number of nitrogens with one attached hydrogen (secondary N) is 1. The third-order valence-electron chi connectivity index (χ3n) is 2.90. The molecule has 0 radical (unpaired) electrons. The van der Waals surface area contributed by atoms with Crippen molar-refractivity contribution in [2.75, 3.05) is 0 Å². The summed E-state index contributed by atoms with van der Waals surface area (Å²) in [5, 5.41) is 11.6. The number of aromatic nitrogens is 2. The first-order chi connectivity index (χ1) is 9.10. The Morgan fingerprint density at radius 1 is 1.47 bits per heavy atom. The van der Waals surface area contributed by atoms with Crippen molar-refractivity contribution >= 4 is 5.84 Å². The predicted molar refractivity (Wildman–Crippen MR) is 74.4 cm³/mol. The minimum Gasteiger partial charge on any atom is -0.488 e. The Labute approximate surface area is 112 Å². The summed E-state index contributed by atoms with van der Waals surface area (Å²) in [4.78, 5) is 0. The Morgan fingerprint density at radius 2 is 2.26 bits per heavy atom. The number of benzene rings is 1. The van der Waals surface area contributed by atoms with Gasteiger partial charge in [-0.3, -0.25) is 10.1 Å². The van der Waals surface area contributed by atoms with Crippen molar-refractivity contribution in [1.82, 2.24) is 9.78 Å². The summed E-state index contributed by atoms with van der Waals surface area (Å²) >= 11 is 0. The number of nitrogens with zero attached hydrogens (tertiary/aromatic N) is 2. The fourth-order valence-electron chi connectivity index (χ4n) is 1.74. The van der Waals surface area contributed by atoms with Crippen LogP contribution in [0.1, 0.15) is 23.6 Å². The van der Waals surface area contributed by atoms with Crippen molar-refractivity contribution < 1.29 is 4.74 Å². The first kappa shape index (κ1) is 13.1. The smallest absolute Gasteiger partial charge is 0.123 e. The molecule has 1 aromatic carbocycles. The van der Waals surface area contributed by atoms with Gasteiger partial charge in [0.05, 0.1) is 6.20 Å². The molecule has 2 rings (SSSR count). The lowest BCUT2D eigenvalue weighted by Crippen LogP contribution is -2.11. The van der Waals surface area contributed by atoms with Gasteiger partial charge in [0.15, 0.2) is 0 Å². The van der Waals surface area contributed by atoms with Gasteiger partial charge in [-0.15, -0.1) is 0 Å². The molecule has 0 atom stereocenters. The van der Waals surface area contributed by atoms with Gasteiger partial charge in [-0.1, -0.05) is 12.1 Å². The van der Waals surface area contributed by atoms with Crippen LogP contribution in [0.3, 0.4) is 0 Å². The zero-order chi connectivity index (χ0) is 13.8. The quantitative estimate of drug-likeness (QED) is 0.636. The van der Waals surface area contributed by atoms with E-state index in [9.17, 15) is 0 Å². The van der Waals surface area contributed by atoms with Crippen LogP contribution in [0, 0.1) is 12.3 Å². The Morgan fingerprint density at radius 3 is 2.89 bits per heavy atom. The molecule has 0 unspecified atom stereocenters. The number of hydrogen-bond acceptors (Lipinski definition) is 3. The van der Waals surface area contributed by atoms with E-state index in [1.807, 2.05) is 36.9 Å². The van der Waals surface area contributed by atoms with E-state index in [1.165, 1.54) is 0 Å². The van der Waals surface area contributed by atoms with Crippen LogP contribution in [-0.4, -0.2) is 15.6 Å². The van der Waals surface area contributed by atoms with Gasteiger partial charge in [-0.2, -0.15) is 5.10 Å². The molecule has 19 heavy (non-hydrogen) atoms. The number of ether oxygens (including phenoxy) is 1. The lowest BCUT2D eigenvalue weighted by molar-refractivity contribution is 0.304. The van der Waals surface area contributed by atoms with Crippen molar-refractivity contribution in [3.8, 4) is 5.75 Å². The van der Waals surface area contributed by atoms with Gasteiger partial charge in [0, 0.05) is 23.9 Å². The van der Waals surface area contributed by atoms with E-state index < -0.39 is 0 Å². The second-order valence-electron chi connectivity index (χ2n) is 4.39. The van der Waals surface area contributed by atoms with E-state index in [0.29, 0.717) is 12.2 Å². The Kier molecular flexibility index (Phi) is 3.85.